The van der Waals surface area contributed by atoms with Crippen molar-refractivity contribution in [3.8, 4) is 0 Å². The van der Waals surface area contributed by atoms with Crippen LogP contribution in [0.2, 0.25) is 0 Å². The first-order valence-corrected chi connectivity index (χ1v) is 17.2. The molecule has 0 aliphatic carbocycles. The Morgan fingerprint density at radius 3 is 1.78 bits per heavy atom. The number of amides is 4. The number of hydroxylamine groups is 2. The Kier molecular flexibility index (Phi) is 22.0. The van der Waals surface area contributed by atoms with Gasteiger partial charge in [0, 0.05) is 44.6 Å². The Morgan fingerprint density at radius 1 is 0.740 bits per heavy atom. The van der Waals surface area contributed by atoms with E-state index in [-0.39, 0.29) is 106 Å². The number of Topliss-reactive ketones (excluding diaryl/α,β-unsaturated/α-hetero) is 1. The van der Waals surface area contributed by atoms with Gasteiger partial charge < -0.3 is 39.2 Å². The highest BCUT2D eigenvalue weighted by Gasteiger charge is 2.32. The number of carbonyl (C=O) groups is 7. The second kappa shape index (κ2) is 24.6. The zero-order valence-electron chi connectivity index (χ0n) is 30.5. The lowest BCUT2D eigenvalue weighted by molar-refractivity contribution is -0.198. The number of ketones is 1. The minimum atomic E-state index is -0.737. The lowest BCUT2D eigenvalue weighted by Crippen LogP contribution is -2.46. The summed E-state index contributed by atoms with van der Waals surface area (Å²) in [5.74, 6) is -3.75. The van der Waals surface area contributed by atoms with Crippen molar-refractivity contribution in [1.82, 2.24) is 15.7 Å². The molecule has 0 spiro atoms. The number of hydrogen-bond donors (Lipinski definition) is 2. The number of rotatable bonds is 27. The number of nitrogens with one attached hydrogen (secondary N) is 2. The van der Waals surface area contributed by atoms with E-state index in [0.717, 1.165) is 0 Å². The van der Waals surface area contributed by atoms with Gasteiger partial charge in [-0.25, -0.2) is 4.79 Å². The van der Waals surface area contributed by atoms with Gasteiger partial charge in [0.25, 0.3) is 11.8 Å². The predicted molar refractivity (Wildman–Crippen MR) is 178 cm³/mol. The van der Waals surface area contributed by atoms with Crippen LogP contribution in [0.15, 0.2) is 0 Å². The second-order valence-electron chi connectivity index (χ2n) is 13.5. The van der Waals surface area contributed by atoms with Gasteiger partial charge in [0.1, 0.15) is 0 Å². The highest BCUT2D eigenvalue weighted by Crippen LogP contribution is 2.14. The summed E-state index contributed by atoms with van der Waals surface area (Å²) in [4.78, 5) is 89.0. The van der Waals surface area contributed by atoms with Crippen LogP contribution in [-0.2, 0) is 62.1 Å². The number of nitrogens with zero attached hydrogens (tertiary/aromatic N) is 1. The summed E-state index contributed by atoms with van der Waals surface area (Å²) in [6.07, 6.45) is 0.607. The van der Waals surface area contributed by atoms with E-state index in [4.69, 9.17) is 28.5 Å². The molecule has 1 saturated heterocycles. The molecule has 2 atom stereocenters. The van der Waals surface area contributed by atoms with Crippen molar-refractivity contribution in [3.63, 3.8) is 0 Å². The van der Waals surface area contributed by atoms with E-state index in [1.807, 2.05) is 34.6 Å². The van der Waals surface area contributed by atoms with Gasteiger partial charge in [-0.2, -0.15) is 0 Å². The Balaban J connectivity index is 2.07. The Bertz CT molecular complexity index is 1090. The predicted octanol–water partition coefficient (Wildman–Crippen LogP) is 1.66. The normalized spacial score (nSPS) is 14.4. The van der Waals surface area contributed by atoms with Crippen LogP contribution in [0.4, 0.5) is 0 Å². The summed E-state index contributed by atoms with van der Waals surface area (Å²) in [5.41, 5.74) is -0.115. The van der Waals surface area contributed by atoms with Crippen molar-refractivity contribution in [3.05, 3.63) is 0 Å². The van der Waals surface area contributed by atoms with Crippen molar-refractivity contribution in [1.29, 1.82) is 0 Å². The number of hydrogen-bond acceptors (Lipinski definition) is 13. The van der Waals surface area contributed by atoms with Gasteiger partial charge in [0.2, 0.25) is 11.8 Å². The van der Waals surface area contributed by atoms with E-state index < -0.39 is 29.7 Å². The van der Waals surface area contributed by atoms with E-state index in [9.17, 15) is 33.6 Å². The lowest BCUT2D eigenvalue weighted by atomic mass is 9.92. The molecule has 0 unspecified atom stereocenters. The monoisotopic (exact) mass is 715 g/mol. The third-order valence-corrected chi connectivity index (χ3v) is 7.05. The highest BCUT2D eigenvalue weighted by molar-refractivity contribution is 6.01. The lowest BCUT2D eigenvalue weighted by Gasteiger charge is -2.22. The third-order valence-electron chi connectivity index (χ3n) is 7.05. The van der Waals surface area contributed by atoms with E-state index in [2.05, 4.69) is 10.6 Å². The first kappa shape index (κ1) is 44.6. The zero-order valence-corrected chi connectivity index (χ0v) is 30.5. The maximum Gasteiger partial charge on any atom is 0.335 e. The molecular weight excluding hydrogens is 658 g/mol. The van der Waals surface area contributed by atoms with Crippen LogP contribution >= 0.6 is 0 Å². The van der Waals surface area contributed by atoms with E-state index >= 15 is 0 Å². The van der Waals surface area contributed by atoms with E-state index in [1.54, 1.807) is 6.92 Å². The van der Waals surface area contributed by atoms with Crippen LogP contribution in [0.5, 0.6) is 0 Å². The first-order valence-electron chi connectivity index (χ1n) is 17.2. The first-order chi connectivity index (χ1) is 23.6. The summed E-state index contributed by atoms with van der Waals surface area (Å²) in [5, 5.41) is 6.00. The molecule has 50 heavy (non-hydrogen) atoms. The maximum absolute atomic E-state index is 12.9. The SMILES string of the molecule is CC(C)[C@H](NC(=O)CCOCCOCCOCCOCCC(=O)ON1C(=O)CCC1=O)C(=O)C[C@@H](C)C(=O)NCCCC(=O)OCC(C)(C)C. The second-order valence-corrected chi connectivity index (χ2v) is 13.5. The smallest absolute Gasteiger partial charge is 0.335 e. The van der Waals surface area contributed by atoms with Crippen LogP contribution in [0.25, 0.3) is 0 Å². The molecule has 0 aromatic carbocycles. The van der Waals surface area contributed by atoms with Gasteiger partial charge in [-0.15, -0.1) is 5.06 Å². The van der Waals surface area contributed by atoms with Gasteiger partial charge in [0.15, 0.2) is 5.78 Å². The molecule has 0 saturated carbocycles. The van der Waals surface area contributed by atoms with Crippen LogP contribution in [-0.4, -0.2) is 118 Å². The molecule has 16 nitrogen and oxygen atoms in total. The van der Waals surface area contributed by atoms with Gasteiger partial charge >= 0.3 is 11.9 Å². The quantitative estimate of drug-likeness (QED) is 0.0707. The fourth-order valence-electron chi connectivity index (χ4n) is 4.26. The molecule has 1 rings (SSSR count). The van der Waals surface area contributed by atoms with Crippen molar-refractivity contribution in [2.45, 2.75) is 92.5 Å². The Hall–Kier alpha value is -3.47. The molecule has 0 aromatic rings. The summed E-state index contributed by atoms with van der Waals surface area (Å²) < 4.78 is 26.7. The minimum Gasteiger partial charge on any atom is -0.465 e. The van der Waals surface area contributed by atoms with E-state index in [1.165, 1.54) is 0 Å². The van der Waals surface area contributed by atoms with Crippen molar-refractivity contribution >= 4 is 41.4 Å². The zero-order chi connectivity index (χ0) is 37.5. The van der Waals surface area contributed by atoms with Crippen molar-refractivity contribution < 1.29 is 62.1 Å². The standard InChI is InChI=1S/C34H57N3O13/c1-24(2)32(26(38)22-25(3)33(44)35-13-7-8-30(42)49-23-34(4,5)6)36-27(39)11-14-45-16-18-47-20-21-48-19-17-46-15-12-31(43)50-37-28(40)9-10-29(37)41/h24-25,32H,7-23H2,1-6H3,(H,35,44)(H,36,39)/t25-,32+/m1/s1. The fourth-order valence-corrected chi connectivity index (χ4v) is 4.26. The topological polar surface area (TPSA) is 202 Å². The molecule has 2 N–H and O–H groups in total. The molecule has 0 radical (unpaired) electrons. The largest absolute Gasteiger partial charge is 0.465 e. The Morgan fingerprint density at radius 2 is 1.26 bits per heavy atom. The van der Waals surface area contributed by atoms with E-state index in [0.29, 0.717) is 44.5 Å². The van der Waals surface area contributed by atoms with Gasteiger partial charge in [-0.1, -0.05) is 41.5 Å². The average Bonchev–Trinajstić information content (AvgIpc) is 3.36. The summed E-state index contributed by atoms with van der Waals surface area (Å²) >= 11 is 0. The number of imide groups is 1. The molecule has 1 aliphatic rings. The number of esters is 1. The molecule has 286 valence electrons. The fraction of sp³-hybridized carbons (Fsp3) is 0.794. The molecule has 1 aliphatic heterocycles. The van der Waals surface area contributed by atoms with Crippen LogP contribution in [0.3, 0.4) is 0 Å². The number of carbonyl (C=O) groups excluding carboxylic acids is 7. The number of ether oxygens (including phenoxy) is 5. The molecule has 0 aromatic heterocycles. The van der Waals surface area contributed by atoms with Crippen LogP contribution < -0.4 is 10.6 Å². The average molecular weight is 716 g/mol. The third kappa shape index (κ3) is 20.9. The Labute approximate surface area is 294 Å². The van der Waals surface area contributed by atoms with Gasteiger partial charge in [0.05, 0.1) is 71.9 Å². The van der Waals surface area contributed by atoms with Gasteiger partial charge in [-0.05, 0) is 17.8 Å². The molecule has 1 fully saturated rings. The summed E-state index contributed by atoms with van der Waals surface area (Å²) in [6, 6.07) is -0.737. The molecule has 16 heteroatoms. The highest BCUT2D eigenvalue weighted by atomic mass is 16.7. The van der Waals surface area contributed by atoms with Crippen LogP contribution in [0, 0.1) is 17.3 Å². The molecule has 1 heterocycles. The van der Waals surface area contributed by atoms with Crippen molar-refractivity contribution in [2.75, 3.05) is 66.0 Å². The molecular formula is C34H57N3O13. The van der Waals surface area contributed by atoms with Crippen molar-refractivity contribution in [2.24, 2.45) is 17.3 Å². The summed E-state index contributed by atoms with van der Waals surface area (Å²) in [7, 11) is 0. The molecule has 0 bridgehead atoms. The maximum atomic E-state index is 12.9. The summed E-state index contributed by atoms with van der Waals surface area (Å²) in [6.45, 7) is 13.7. The van der Waals surface area contributed by atoms with Gasteiger partial charge in [-0.3, -0.25) is 28.8 Å². The minimum absolute atomic E-state index is 0.0311. The van der Waals surface area contributed by atoms with Crippen LogP contribution in [0.1, 0.15) is 86.5 Å². The molecule has 4 amide bonds.